The quantitative estimate of drug-likeness (QED) is 0.826. The second-order valence-electron chi connectivity index (χ2n) is 5.26. The third kappa shape index (κ3) is 3.45. The third-order valence-corrected chi connectivity index (χ3v) is 3.65. The molecule has 1 aromatic rings. The van der Waals surface area contributed by atoms with Crippen LogP contribution in [-0.4, -0.2) is 67.2 Å². The smallest absolute Gasteiger partial charge is 0.231 e. The summed E-state index contributed by atoms with van der Waals surface area (Å²) in [5, 5.41) is 0.236. The van der Waals surface area contributed by atoms with Gasteiger partial charge in [0.05, 0.1) is 0 Å². The molecule has 7 heteroatoms. The molecule has 0 amide bonds. The summed E-state index contributed by atoms with van der Waals surface area (Å²) in [7, 11) is 7.94. The van der Waals surface area contributed by atoms with Crippen LogP contribution in [0.5, 0.6) is 0 Å². The second kappa shape index (κ2) is 5.88. The minimum absolute atomic E-state index is 0.236. The van der Waals surface area contributed by atoms with E-state index in [2.05, 4.69) is 26.9 Å². The van der Waals surface area contributed by atoms with Crippen LogP contribution in [0, 0.1) is 0 Å². The average molecular weight is 285 g/mol. The van der Waals surface area contributed by atoms with Crippen molar-refractivity contribution >= 4 is 23.5 Å². The molecule has 1 aromatic heterocycles. The van der Waals surface area contributed by atoms with Crippen LogP contribution in [0.2, 0.25) is 5.28 Å². The van der Waals surface area contributed by atoms with Gasteiger partial charge in [-0.05, 0) is 38.0 Å². The zero-order valence-electron chi connectivity index (χ0n) is 12.0. The van der Waals surface area contributed by atoms with Crippen LogP contribution in [0.4, 0.5) is 11.9 Å². The highest BCUT2D eigenvalue weighted by Gasteiger charge is 2.23. The fraction of sp³-hybridized carbons (Fsp3) is 0.750. The summed E-state index contributed by atoms with van der Waals surface area (Å²) in [6.07, 6.45) is 2.48. The zero-order chi connectivity index (χ0) is 14.0. The summed E-state index contributed by atoms with van der Waals surface area (Å²) in [4.78, 5) is 19.0. The number of rotatable bonds is 4. The summed E-state index contributed by atoms with van der Waals surface area (Å²) in [5.41, 5.74) is 0. The van der Waals surface area contributed by atoms with Gasteiger partial charge in [0.15, 0.2) is 0 Å². The van der Waals surface area contributed by atoms with Gasteiger partial charge in [-0.1, -0.05) is 0 Å². The monoisotopic (exact) mass is 284 g/mol. The summed E-state index contributed by atoms with van der Waals surface area (Å²) in [5.74, 6) is 1.21. The lowest BCUT2D eigenvalue weighted by Gasteiger charge is -2.26. The van der Waals surface area contributed by atoms with Crippen LogP contribution < -0.4 is 9.80 Å². The van der Waals surface area contributed by atoms with Crippen molar-refractivity contribution in [1.29, 1.82) is 0 Å². The lowest BCUT2D eigenvalue weighted by molar-refractivity contribution is 0.313. The molecule has 1 saturated heterocycles. The molecule has 0 saturated carbocycles. The van der Waals surface area contributed by atoms with Gasteiger partial charge in [0, 0.05) is 33.7 Å². The van der Waals surface area contributed by atoms with Crippen LogP contribution in [0.3, 0.4) is 0 Å². The zero-order valence-corrected chi connectivity index (χ0v) is 12.7. The molecule has 1 unspecified atom stereocenters. The SMILES string of the molecule is CN(C)c1nc(Cl)nc(N(C)CC2CCCN2C)n1. The van der Waals surface area contributed by atoms with E-state index in [1.165, 1.54) is 19.4 Å². The molecule has 19 heavy (non-hydrogen) atoms. The first kappa shape index (κ1) is 14.3. The lowest BCUT2D eigenvalue weighted by atomic mass is 10.2. The highest BCUT2D eigenvalue weighted by atomic mass is 35.5. The van der Waals surface area contributed by atoms with Crippen molar-refractivity contribution in [3.8, 4) is 0 Å². The summed E-state index contributed by atoms with van der Waals surface area (Å²) < 4.78 is 0. The standard InChI is InChI=1S/C12H21ClN6/c1-17(2)11-14-10(13)15-12(16-11)19(4)8-9-6-5-7-18(9)3/h9H,5-8H2,1-4H3. The molecule has 1 aliphatic rings. The van der Waals surface area contributed by atoms with Crippen LogP contribution >= 0.6 is 11.6 Å². The molecular weight excluding hydrogens is 264 g/mol. The normalized spacial score (nSPS) is 19.7. The Morgan fingerprint density at radius 3 is 2.47 bits per heavy atom. The Kier molecular flexibility index (Phi) is 4.42. The van der Waals surface area contributed by atoms with Gasteiger partial charge in [-0.15, -0.1) is 0 Å². The first-order valence-corrected chi connectivity index (χ1v) is 6.85. The lowest BCUT2D eigenvalue weighted by Crippen LogP contribution is -2.37. The molecule has 0 aliphatic carbocycles. The summed E-state index contributed by atoms with van der Waals surface area (Å²) in [6.45, 7) is 2.07. The highest BCUT2D eigenvalue weighted by Crippen LogP contribution is 2.19. The molecule has 2 heterocycles. The van der Waals surface area contributed by atoms with E-state index in [9.17, 15) is 0 Å². The molecule has 1 atom stereocenters. The van der Waals surface area contributed by atoms with Crippen LogP contribution in [0.25, 0.3) is 0 Å². The van der Waals surface area contributed by atoms with Gasteiger partial charge in [-0.3, -0.25) is 0 Å². The van der Waals surface area contributed by atoms with Crippen LogP contribution in [0.1, 0.15) is 12.8 Å². The Bertz CT molecular complexity index is 438. The molecule has 0 aromatic carbocycles. The van der Waals surface area contributed by atoms with Gasteiger partial charge in [0.1, 0.15) is 0 Å². The van der Waals surface area contributed by atoms with Crippen molar-refractivity contribution in [2.75, 3.05) is 51.1 Å². The average Bonchev–Trinajstić information content (AvgIpc) is 2.74. The number of aromatic nitrogens is 3. The fourth-order valence-electron chi connectivity index (χ4n) is 2.31. The maximum absolute atomic E-state index is 5.96. The first-order chi connectivity index (χ1) is 8.97. The molecule has 6 nitrogen and oxygen atoms in total. The van der Waals surface area contributed by atoms with E-state index in [0.717, 1.165) is 6.54 Å². The van der Waals surface area contributed by atoms with Crippen molar-refractivity contribution in [2.45, 2.75) is 18.9 Å². The Morgan fingerprint density at radius 1 is 1.21 bits per heavy atom. The van der Waals surface area contributed by atoms with Gasteiger partial charge in [0.2, 0.25) is 17.2 Å². The van der Waals surface area contributed by atoms with Crippen LogP contribution in [-0.2, 0) is 0 Å². The van der Waals surface area contributed by atoms with Crippen molar-refractivity contribution < 1.29 is 0 Å². The van der Waals surface area contributed by atoms with Gasteiger partial charge >= 0.3 is 0 Å². The Morgan fingerprint density at radius 2 is 1.89 bits per heavy atom. The van der Waals surface area contributed by atoms with Gasteiger partial charge < -0.3 is 14.7 Å². The third-order valence-electron chi connectivity index (χ3n) is 3.48. The van der Waals surface area contributed by atoms with Gasteiger partial charge in [-0.2, -0.15) is 15.0 Å². The predicted octanol–water partition coefficient (Wildman–Crippen LogP) is 1.12. The second-order valence-corrected chi connectivity index (χ2v) is 5.59. The van der Waals surface area contributed by atoms with E-state index in [4.69, 9.17) is 11.6 Å². The van der Waals surface area contributed by atoms with E-state index in [1.54, 1.807) is 0 Å². The first-order valence-electron chi connectivity index (χ1n) is 6.47. The molecular formula is C12H21ClN6. The van der Waals surface area contributed by atoms with Crippen LogP contribution in [0.15, 0.2) is 0 Å². The molecule has 2 rings (SSSR count). The van der Waals surface area contributed by atoms with E-state index in [0.29, 0.717) is 17.9 Å². The van der Waals surface area contributed by atoms with E-state index in [1.807, 2.05) is 30.9 Å². The molecule has 0 N–H and O–H groups in total. The number of hydrogen-bond acceptors (Lipinski definition) is 6. The van der Waals surface area contributed by atoms with Crippen molar-refractivity contribution in [3.63, 3.8) is 0 Å². The number of hydrogen-bond donors (Lipinski definition) is 0. The summed E-state index contributed by atoms with van der Waals surface area (Å²) >= 11 is 5.96. The fourth-order valence-corrected chi connectivity index (χ4v) is 2.46. The molecule has 106 valence electrons. The molecule has 1 aliphatic heterocycles. The van der Waals surface area contributed by atoms with E-state index >= 15 is 0 Å². The number of anilines is 2. The maximum Gasteiger partial charge on any atom is 0.231 e. The van der Waals surface area contributed by atoms with Crippen molar-refractivity contribution in [3.05, 3.63) is 5.28 Å². The Hall–Kier alpha value is -1.14. The van der Waals surface area contributed by atoms with Gasteiger partial charge in [0.25, 0.3) is 0 Å². The minimum Gasteiger partial charge on any atom is -0.347 e. The maximum atomic E-state index is 5.96. The minimum atomic E-state index is 0.236. The van der Waals surface area contributed by atoms with Crippen molar-refractivity contribution in [2.24, 2.45) is 0 Å². The largest absolute Gasteiger partial charge is 0.347 e. The Labute approximate surface area is 119 Å². The number of likely N-dealkylation sites (N-methyl/N-ethyl adjacent to an activating group) is 2. The molecule has 0 bridgehead atoms. The van der Waals surface area contributed by atoms with E-state index < -0.39 is 0 Å². The molecule has 1 fully saturated rings. The number of halogens is 1. The Balaban J connectivity index is 2.11. The van der Waals surface area contributed by atoms with Gasteiger partial charge in [-0.25, -0.2) is 0 Å². The number of nitrogens with zero attached hydrogens (tertiary/aromatic N) is 6. The molecule has 0 spiro atoms. The predicted molar refractivity (Wildman–Crippen MR) is 78.1 cm³/mol. The highest BCUT2D eigenvalue weighted by molar-refractivity contribution is 6.28. The summed E-state index contributed by atoms with van der Waals surface area (Å²) in [6, 6.07) is 0.559. The number of likely N-dealkylation sites (tertiary alicyclic amines) is 1. The van der Waals surface area contributed by atoms with E-state index in [-0.39, 0.29) is 5.28 Å². The topological polar surface area (TPSA) is 48.4 Å². The van der Waals surface area contributed by atoms with Crippen molar-refractivity contribution in [1.82, 2.24) is 19.9 Å². The molecule has 0 radical (unpaired) electrons.